The fourth-order valence-electron chi connectivity index (χ4n) is 3.10. The highest BCUT2D eigenvalue weighted by Crippen LogP contribution is 2.56. The normalized spacial score (nSPS) is 19.9. The fourth-order valence-corrected chi connectivity index (χ4v) is 3.50. The average Bonchev–Trinajstić information content (AvgIpc) is 3.20. The Morgan fingerprint density at radius 1 is 1.30 bits per heavy atom. The molecule has 3 nitrogen and oxygen atoms in total. The summed E-state index contributed by atoms with van der Waals surface area (Å²) in [6.45, 7) is 6.38. The molecule has 0 bridgehead atoms. The monoisotopic (exact) mass is 295 g/mol. The van der Waals surface area contributed by atoms with Crippen LogP contribution in [0, 0.1) is 0 Å². The molecule has 1 aliphatic carbocycles. The van der Waals surface area contributed by atoms with Gasteiger partial charge in [0.05, 0.1) is 13.2 Å². The Morgan fingerprint density at radius 3 is 2.60 bits per heavy atom. The van der Waals surface area contributed by atoms with Crippen LogP contribution in [0.3, 0.4) is 0 Å². The predicted octanol–water partition coefficient (Wildman–Crippen LogP) is 3.62. The van der Waals surface area contributed by atoms with Gasteiger partial charge in [-0.05, 0) is 24.3 Å². The summed E-state index contributed by atoms with van der Waals surface area (Å²) in [5.41, 5.74) is 8.46. The summed E-state index contributed by atoms with van der Waals surface area (Å²) < 4.78 is 11.8. The standard InChI is InChI=1S/C16H22ClNO2/c1-10(2)13-14(16(9-18)4-5-16)11(17)8-12-15(13)20-7-3-6-19-12/h8,10H,3-7,9,18H2,1-2H3. The van der Waals surface area contributed by atoms with Crippen LogP contribution in [0.2, 0.25) is 5.02 Å². The Bertz CT molecular complexity index is 524. The van der Waals surface area contributed by atoms with Crippen molar-refractivity contribution in [3.05, 3.63) is 22.2 Å². The molecule has 1 aromatic carbocycles. The summed E-state index contributed by atoms with van der Waals surface area (Å²) in [7, 11) is 0. The molecule has 0 spiro atoms. The van der Waals surface area contributed by atoms with Crippen molar-refractivity contribution >= 4 is 11.6 Å². The topological polar surface area (TPSA) is 44.5 Å². The smallest absolute Gasteiger partial charge is 0.165 e. The van der Waals surface area contributed by atoms with Gasteiger partial charge in [-0.25, -0.2) is 0 Å². The van der Waals surface area contributed by atoms with Crippen molar-refractivity contribution < 1.29 is 9.47 Å². The van der Waals surface area contributed by atoms with Gasteiger partial charge in [-0.2, -0.15) is 0 Å². The molecular formula is C16H22ClNO2. The van der Waals surface area contributed by atoms with E-state index in [1.807, 2.05) is 6.07 Å². The Hall–Kier alpha value is -0.930. The molecule has 2 N–H and O–H groups in total. The van der Waals surface area contributed by atoms with Crippen LogP contribution in [-0.4, -0.2) is 19.8 Å². The second-order valence-electron chi connectivity index (χ2n) is 6.16. The molecule has 3 rings (SSSR count). The molecule has 1 saturated carbocycles. The molecule has 0 unspecified atom stereocenters. The van der Waals surface area contributed by atoms with Crippen LogP contribution in [0.25, 0.3) is 0 Å². The molecule has 20 heavy (non-hydrogen) atoms. The minimum absolute atomic E-state index is 0.0569. The number of nitrogens with two attached hydrogens (primary N) is 1. The first-order chi connectivity index (χ1) is 9.59. The molecule has 1 aliphatic heterocycles. The molecule has 1 aromatic rings. The minimum Gasteiger partial charge on any atom is -0.489 e. The summed E-state index contributed by atoms with van der Waals surface area (Å²) in [5.74, 6) is 2.01. The lowest BCUT2D eigenvalue weighted by molar-refractivity contribution is 0.295. The molecule has 0 atom stereocenters. The molecule has 1 fully saturated rings. The van der Waals surface area contributed by atoms with E-state index in [9.17, 15) is 0 Å². The Kier molecular flexibility index (Phi) is 3.59. The lowest BCUT2D eigenvalue weighted by Crippen LogP contribution is -2.23. The first-order valence-corrected chi connectivity index (χ1v) is 7.79. The third-order valence-corrected chi connectivity index (χ3v) is 4.68. The van der Waals surface area contributed by atoms with E-state index in [0.29, 0.717) is 25.7 Å². The van der Waals surface area contributed by atoms with Crippen LogP contribution in [0.15, 0.2) is 6.07 Å². The highest BCUT2D eigenvalue weighted by molar-refractivity contribution is 6.32. The molecule has 0 amide bonds. The van der Waals surface area contributed by atoms with Crippen molar-refractivity contribution in [2.45, 2.75) is 44.4 Å². The number of hydrogen-bond acceptors (Lipinski definition) is 3. The number of fused-ring (bicyclic) bond motifs is 1. The summed E-state index contributed by atoms with van der Waals surface area (Å²) >= 11 is 6.58. The van der Waals surface area contributed by atoms with Gasteiger partial charge < -0.3 is 15.2 Å². The third-order valence-electron chi connectivity index (χ3n) is 4.38. The first-order valence-electron chi connectivity index (χ1n) is 7.41. The molecule has 1 heterocycles. The van der Waals surface area contributed by atoms with Crippen molar-refractivity contribution in [1.82, 2.24) is 0 Å². The van der Waals surface area contributed by atoms with Crippen LogP contribution >= 0.6 is 11.6 Å². The highest BCUT2D eigenvalue weighted by Gasteiger charge is 2.47. The number of ether oxygens (including phenoxy) is 2. The van der Waals surface area contributed by atoms with Crippen LogP contribution in [0.5, 0.6) is 11.5 Å². The third kappa shape index (κ3) is 2.17. The highest BCUT2D eigenvalue weighted by atomic mass is 35.5. The zero-order valence-corrected chi connectivity index (χ0v) is 12.9. The summed E-state index contributed by atoms with van der Waals surface area (Å²) in [6, 6.07) is 1.92. The number of halogens is 1. The second kappa shape index (κ2) is 5.12. The zero-order valence-electron chi connectivity index (χ0n) is 12.2. The molecule has 4 heteroatoms. The van der Waals surface area contributed by atoms with Crippen LogP contribution in [0.4, 0.5) is 0 Å². The van der Waals surface area contributed by atoms with E-state index < -0.39 is 0 Å². The quantitative estimate of drug-likeness (QED) is 0.926. The van der Waals surface area contributed by atoms with Gasteiger partial charge in [0, 0.05) is 35.0 Å². The van der Waals surface area contributed by atoms with Crippen molar-refractivity contribution in [1.29, 1.82) is 0 Å². The average molecular weight is 296 g/mol. The fraction of sp³-hybridized carbons (Fsp3) is 0.625. The van der Waals surface area contributed by atoms with Gasteiger partial charge in [0.1, 0.15) is 0 Å². The number of benzene rings is 1. The van der Waals surface area contributed by atoms with E-state index in [0.717, 1.165) is 35.8 Å². The van der Waals surface area contributed by atoms with E-state index in [4.69, 9.17) is 26.8 Å². The maximum Gasteiger partial charge on any atom is 0.165 e. The van der Waals surface area contributed by atoms with Gasteiger partial charge in [-0.3, -0.25) is 0 Å². The lowest BCUT2D eigenvalue weighted by atomic mass is 9.85. The molecule has 0 aromatic heterocycles. The summed E-state index contributed by atoms with van der Waals surface area (Å²) in [4.78, 5) is 0. The van der Waals surface area contributed by atoms with Gasteiger partial charge >= 0.3 is 0 Å². The van der Waals surface area contributed by atoms with Gasteiger partial charge in [-0.1, -0.05) is 25.4 Å². The SMILES string of the molecule is CC(C)c1c2c(cc(Cl)c1C1(CN)CC1)OCCCO2. The van der Waals surface area contributed by atoms with Crippen molar-refractivity contribution in [3.63, 3.8) is 0 Å². The maximum atomic E-state index is 6.58. The summed E-state index contributed by atoms with van der Waals surface area (Å²) in [5, 5.41) is 0.779. The number of rotatable bonds is 3. The second-order valence-corrected chi connectivity index (χ2v) is 6.57. The van der Waals surface area contributed by atoms with Crippen molar-refractivity contribution in [2.24, 2.45) is 5.73 Å². The molecule has 0 radical (unpaired) electrons. The summed E-state index contributed by atoms with van der Waals surface area (Å²) in [6.07, 6.45) is 3.13. The van der Waals surface area contributed by atoms with Crippen molar-refractivity contribution in [3.8, 4) is 11.5 Å². The molecular weight excluding hydrogens is 274 g/mol. The molecule has 2 aliphatic rings. The Labute approximate surface area is 125 Å². The van der Waals surface area contributed by atoms with E-state index in [2.05, 4.69) is 13.8 Å². The molecule has 110 valence electrons. The lowest BCUT2D eigenvalue weighted by Gasteiger charge is -2.25. The Balaban J connectivity index is 2.21. The molecule has 0 saturated heterocycles. The van der Waals surface area contributed by atoms with E-state index in [1.54, 1.807) is 0 Å². The van der Waals surface area contributed by atoms with Gasteiger partial charge in [-0.15, -0.1) is 0 Å². The largest absolute Gasteiger partial charge is 0.489 e. The zero-order chi connectivity index (χ0) is 14.3. The number of hydrogen-bond donors (Lipinski definition) is 1. The van der Waals surface area contributed by atoms with Gasteiger partial charge in [0.15, 0.2) is 11.5 Å². The van der Waals surface area contributed by atoms with Crippen LogP contribution in [-0.2, 0) is 5.41 Å². The van der Waals surface area contributed by atoms with Crippen LogP contribution in [0.1, 0.15) is 50.2 Å². The van der Waals surface area contributed by atoms with E-state index in [1.165, 1.54) is 11.1 Å². The first kappa shape index (κ1) is 14.0. The van der Waals surface area contributed by atoms with E-state index in [-0.39, 0.29) is 5.41 Å². The van der Waals surface area contributed by atoms with Crippen LogP contribution < -0.4 is 15.2 Å². The predicted molar refractivity (Wildman–Crippen MR) is 81.1 cm³/mol. The van der Waals surface area contributed by atoms with E-state index >= 15 is 0 Å². The van der Waals surface area contributed by atoms with Crippen molar-refractivity contribution in [2.75, 3.05) is 19.8 Å². The Morgan fingerprint density at radius 2 is 2.00 bits per heavy atom. The minimum atomic E-state index is 0.0569. The van der Waals surface area contributed by atoms with Gasteiger partial charge in [0.2, 0.25) is 0 Å². The maximum absolute atomic E-state index is 6.58. The van der Waals surface area contributed by atoms with Gasteiger partial charge in [0.25, 0.3) is 0 Å².